The molecular weight excluding hydrogens is 518 g/mol. The van der Waals surface area contributed by atoms with Gasteiger partial charge in [-0.2, -0.15) is 0 Å². The van der Waals surface area contributed by atoms with E-state index in [-0.39, 0.29) is 0 Å². The molecule has 0 fully saturated rings. The highest BCUT2D eigenvalue weighted by molar-refractivity contribution is 4.62. The Kier molecular flexibility index (Phi) is 39.9. The molecule has 0 bridgehead atoms. The Morgan fingerprint density at radius 2 is 0.419 bits per heavy atom. The van der Waals surface area contributed by atoms with E-state index < -0.39 is 0 Å². The van der Waals surface area contributed by atoms with Crippen LogP contribution >= 0.6 is 0 Å². The minimum atomic E-state index is 0.794. The third kappa shape index (κ3) is 38.1. The molecule has 0 atom stereocenters. The highest BCUT2D eigenvalue weighted by Crippen LogP contribution is 2.20. The maximum absolute atomic E-state index is 6.13. The maximum Gasteiger partial charge on any atom is -0.00489 e. The number of hydrogen-bond donors (Lipinski definition) is 1. The Morgan fingerprint density at radius 1 is 0.256 bits per heavy atom. The molecular formula is C42H87N. The van der Waals surface area contributed by atoms with Crippen LogP contribution in [0, 0.1) is 5.92 Å². The first-order chi connectivity index (χ1) is 21.3. The van der Waals surface area contributed by atoms with Crippen molar-refractivity contribution in [3.8, 4) is 0 Å². The fraction of sp³-hybridized carbons (Fsp3) is 1.00. The van der Waals surface area contributed by atoms with Crippen molar-refractivity contribution in [1.29, 1.82) is 0 Å². The number of hydrogen-bond acceptors (Lipinski definition) is 1. The summed E-state index contributed by atoms with van der Waals surface area (Å²) in [5.41, 5.74) is 6.13. The molecule has 0 rings (SSSR count). The van der Waals surface area contributed by atoms with Gasteiger partial charge in [0.05, 0.1) is 0 Å². The molecule has 0 aromatic rings. The van der Waals surface area contributed by atoms with Crippen molar-refractivity contribution in [2.75, 3.05) is 6.54 Å². The summed E-state index contributed by atoms with van der Waals surface area (Å²) in [6.07, 6.45) is 55.4. The molecule has 0 heterocycles. The normalized spacial score (nSPS) is 11.7. The molecule has 2 N–H and O–H groups in total. The average Bonchev–Trinajstić information content (AvgIpc) is 3.02. The second kappa shape index (κ2) is 40.0. The fourth-order valence-electron chi connectivity index (χ4n) is 7.05. The van der Waals surface area contributed by atoms with Gasteiger partial charge in [0.2, 0.25) is 0 Å². The molecule has 0 aliphatic carbocycles. The summed E-state index contributed by atoms with van der Waals surface area (Å²) in [7, 11) is 0. The Balaban J connectivity index is 3.24. The largest absolute Gasteiger partial charge is 0.330 e. The van der Waals surface area contributed by atoms with Crippen molar-refractivity contribution in [2.24, 2.45) is 11.7 Å². The number of unbranched alkanes of at least 4 members (excludes halogenated alkanes) is 34. The van der Waals surface area contributed by atoms with Gasteiger partial charge in [0.1, 0.15) is 0 Å². The standard InChI is InChI=1S/C42H87N/c1-3-5-7-9-11-13-15-17-19-21-23-25-27-29-31-33-35-37-39-42(41-43)40-38-36-34-32-30-28-26-24-22-20-18-16-14-12-10-8-6-4-2/h42H,3-41,43H2,1-2H3. The van der Waals surface area contributed by atoms with Crippen molar-refractivity contribution in [3.63, 3.8) is 0 Å². The Hall–Kier alpha value is -0.0400. The van der Waals surface area contributed by atoms with Crippen LogP contribution < -0.4 is 5.73 Å². The summed E-state index contributed by atoms with van der Waals surface area (Å²) >= 11 is 0. The first-order valence-corrected chi connectivity index (χ1v) is 21.0. The van der Waals surface area contributed by atoms with Crippen molar-refractivity contribution in [3.05, 3.63) is 0 Å². The smallest absolute Gasteiger partial charge is 0.00489 e. The lowest BCUT2D eigenvalue weighted by Crippen LogP contribution is -2.14. The van der Waals surface area contributed by atoms with E-state index in [9.17, 15) is 0 Å². The molecule has 0 aromatic heterocycles. The summed E-state index contributed by atoms with van der Waals surface area (Å²) < 4.78 is 0. The summed E-state index contributed by atoms with van der Waals surface area (Å²) in [5.74, 6) is 0.794. The zero-order valence-corrected chi connectivity index (χ0v) is 30.7. The average molecular weight is 606 g/mol. The first kappa shape index (κ1) is 43.0. The zero-order chi connectivity index (χ0) is 31.2. The van der Waals surface area contributed by atoms with Gasteiger partial charge in [-0.1, -0.05) is 245 Å². The molecule has 0 saturated heterocycles. The fourth-order valence-corrected chi connectivity index (χ4v) is 7.05. The van der Waals surface area contributed by atoms with Crippen molar-refractivity contribution >= 4 is 0 Å². The van der Waals surface area contributed by atoms with Gasteiger partial charge >= 0.3 is 0 Å². The monoisotopic (exact) mass is 606 g/mol. The summed E-state index contributed by atoms with van der Waals surface area (Å²) in [5, 5.41) is 0. The summed E-state index contributed by atoms with van der Waals surface area (Å²) in [6, 6.07) is 0. The van der Waals surface area contributed by atoms with Gasteiger partial charge in [0.15, 0.2) is 0 Å². The SMILES string of the molecule is CCCCCCCCCCCCCCCCCCCCC(CN)CCCCCCCCCCCCCCCCCCCC. The highest BCUT2D eigenvalue weighted by atomic mass is 14.5. The van der Waals surface area contributed by atoms with Crippen molar-refractivity contribution in [1.82, 2.24) is 0 Å². The minimum Gasteiger partial charge on any atom is -0.330 e. The van der Waals surface area contributed by atoms with E-state index in [1.54, 1.807) is 0 Å². The van der Waals surface area contributed by atoms with Gasteiger partial charge in [0.25, 0.3) is 0 Å². The van der Waals surface area contributed by atoms with E-state index in [4.69, 9.17) is 5.73 Å². The van der Waals surface area contributed by atoms with E-state index in [1.807, 2.05) is 0 Å². The molecule has 0 aromatic carbocycles. The van der Waals surface area contributed by atoms with Gasteiger partial charge < -0.3 is 5.73 Å². The van der Waals surface area contributed by atoms with Crippen LogP contribution in [-0.2, 0) is 0 Å². The Labute approximate surface area is 275 Å². The first-order valence-electron chi connectivity index (χ1n) is 21.0. The van der Waals surface area contributed by atoms with Crippen LogP contribution in [0.15, 0.2) is 0 Å². The molecule has 1 heteroatoms. The van der Waals surface area contributed by atoms with Gasteiger partial charge in [-0.15, -0.1) is 0 Å². The van der Waals surface area contributed by atoms with Crippen molar-refractivity contribution in [2.45, 2.75) is 258 Å². The lowest BCUT2D eigenvalue weighted by atomic mass is 9.94. The molecule has 0 saturated carbocycles. The predicted molar refractivity (Wildman–Crippen MR) is 199 cm³/mol. The number of rotatable bonds is 39. The van der Waals surface area contributed by atoms with Crippen LogP contribution in [0.4, 0.5) is 0 Å². The summed E-state index contributed by atoms with van der Waals surface area (Å²) in [4.78, 5) is 0. The molecule has 0 radical (unpaired) electrons. The molecule has 260 valence electrons. The van der Waals surface area contributed by atoms with Crippen LogP contribution in [-0.4, -0.2) is 6.54 Å². The van der Waals surface area contributed by atoms with E-state index >= 15 is 0 Å². The van der Waals surface area contributed by atoms with Gasteiger partial charge in [0, 0.05) is 0 Å². The van der Waals surface area contributed by atoms with E-state index in [0.29, 0.717) is 0 Å². The predicted octanol–water partition coefficient (Wildman–Crippen LogP) is 15.4. The third-order valence-corrected chi connectivity index (χ3v) is 10.3. The lowest BCUT2D eigenvalue weighted by molar-refractivity contribution is 0.409. The van der Waals surface area contributed by atoms with E-state index in [1.165, 1.54) is 244 Å². The maximum atomic E-state index is 6.13. The van der Waals surface area contributed by atoms with Gasteiger partial charge in [-0.25, -0.2) is 0 Å². The molecule has 0 aliphatic rings. The molecule has 0 spiro atoms. The molecule has 0 unspecified atom stereocenters. The van der Waals surface area contributed by atoms with Crippen molar-refractivity contribution < 1.29 is 0 Å². The Bertz CT molecular complexity index is 420. The lowest BCUT2D eigenvalue weighted by Gasteiger charge is -2.14. The molecule has 43 heavy (non-hydrogen) atoms. The second-order valence-electron chi connectivity index (χ2n) is 14.7. The second-order valence-corrected chi connectivity index (χ2v) is 14.7. The summed E-state index contributed by atoms with van der Waals surface area (Å²) in [6.45, 7) is 5.53. The van der Waals surface area contributed by atoms with Gasteiger partial charge in [-0.3, -0.25) is 0 Å². The zero-order valence-electron chi connectivity index (χ0n) is 30.7. The van der Waals surface area contributed by atoms with E-state index in [2.05, 4.69) is 13.8 Å². The molecule has 0 amide bonds. The van der Waals surface area contributed by atoms with Crippen LogP contribution in [0.1, 0.15) is 258 Å². The van der Waals surface area contributed by atoms with Crippen LogP contribution in [0.2, 0.25) is 0 Å². The van der Waals surface area contributed by atoms with Crippen LogP contribution in [0.3, 0.4) is 0 Å². The van der Waals surface area contributed by atoms with Crippen LogP contribution in [0.25, 0.3) is 0 Å². The van der Waals surface area contributed by atoms with Gasteiger partial charge in [-0.05, 0) is 25.3 Å². The Morgan fingerprint density at radius 3 is 0.581 bits per heavy atom. The quantitative estimate of drug-likeness (QED) is 0.0693. The topological polar surface area (TPSA) is 26.0 Å². The number of nitrogens with two attached hydrogens (primary N) is 1. The molecule has 1 nitrogen and oxygen atoms in total. The highest BCUT2D eigenvalue weighted by Gasteiger charge is 2.06. The van der Waals surface area contributed by atoms with E-state index in [0.717, 1.165) is 12.5 Å². The minimum absolute atomic E-state index is 0.794. The van der Waals surface area contributed by atoms with Crippen LogP contribution in [0.5, 0.6) is 0 Å². The molecule has 0 aliphatic heterocycles. The third-order valence-electron chi connectivity index (χ3n) is 10.3.